The highest BCUT2D eigenvalue weighted by Gasteiger charge is 2.24. The zero-order chi connectivity index (χ0) is 16.7. The number of benzene rings is 1. The van der Waals surface area contributed by atoms with Gasteiger partial charge >= 0.3 is 0 Å². The molecule has 5 heteroatoms. The second kappa shape index (κ2) is 9.06. The highest BCUT2D eigenvalue weighted by Crippen LogP contribution is 2.19. The Balaban J connectivity index is 1.82. The van der Waals surface area contributed by atoms with Crippen molar-refractivity contribution in [2.75, 3.05) is 19.6 Å². The number of aliphatic hydroxyl groups is 1. The van der Waals surface area contributed by atoms with Crippen molar-refractivity contribution >= 4 is 17.3 Å². The zero-order valence-electron chi connectivity index (χ0n) is 13.6. The lowest BCUT2D eigenvalue weighted by molar-refractivity contribution is 0.0356. The van der Waals surface area contributed by atoms with Gasteiger partial charge in [-0.3, -0.25) is 4.90 Å². The maximum absolute atomic E-state index is 10.0. The lowest BCUT2D eigenvalue weighted by Gasteiger charge is -2.25. The van der Waals surface area contributed by atoms with Crippen LogP contribution in [0, 0.1) is 0 Å². The molecule has 1 aliphatic heterocycles. The Morgan fingerprint density at radius 2 is 2.22 bits per heavy atom. The van der Waals surface area contributed by atoms with Gasteiger partial charge in [0.1, 0.15) is 6.10 Å². The number of likely N-dealkylation sites (N-methyl/N-ethyl adjacent to an activating group) is 1. The number of allylic oxidation sites excluding steroid dienone is 1. The minimum atomic E-state index is -0.328. The average Bonchev–Trinajstić information content (AvgIpc) is 3.01. The molecule has 0 saturated carbocycles. The standard InChI is InChI=1S/C18H25ClN2O2/c1-3-5-6-16(22)12-21(4-2)13-17-11-18(20-23-17)14-7-9-15(19)10-8-14/h3,7-10,16-17,22H,1,4-6,11-13H2,2H3/t16-,17+/m1/s1. The average molecular weight is 337 g/mol. The molecule has 0 fully saturated rings. The van der Waals surface area contributed by atoms with Crippen LogP contribution < -0.4 is 0 Å². The Bertz CT molecular complexity index is 530. The number of oxime groups is 1. The minimum absolute atomic E-state index is 0.0345. The smallest absolute Gasteiger partial charge is 0.145 e. The van der Waals surface area contributed by atoms with E-state index in [-0.39, 0.29) is 12.2 Å². The number of hydrogen-bond donors (Lipinski definition) is 1. The van der Waals surface area contributed by atoms with Gasteiger partial charge in [0, 0.05) is 24.5 Å². The third-order valence-electron chi connectivity index (χ3n) is 3.99. The predicted octanol–water partition coefficient (Wildman–Crippen LogP) is 3.48. The molecule has 4 nitrogen and oxygen atoms in total. The van der Waals surface area contributed by atoms with E-state index in [0.717, 1.165) is 48.6 Å². The van der Waals surface area contributed by atoms with Crippen LogP contribution in [0.15, 0.2) is 42.1 Å². The lowest BCUT2D eigenvalue weighted by Crippen LogP contribution is -2.38. The molecule has 0 unspecified atom stereocenters. The zero-order valence-corrected chi connectivity index (χ0v) is 14.4. The molecule has 0 amide bonds. The molecule has 2 atom stereocenters. The summed E-state index contributed by atoms with van der Waals surface area (Å²) in [5.74, 6) is 0. The van der Waals surface area contributed by atoms with Crippen LogP contribution in [0.2, 0.25) is 5.02 Å². The van der Waals surface area contributed by atoms with Crippen molar-refractivity contribution in [2.24, 2.45) is 5.16 Å². The van der Waals surface area contributed by atoms with Crippen LogP contribution >= 0.6 is 11.6 Å². The number of rotatable bonds is 9. The molecular weight excluding hydrogens is 312 g/mol. The van der Waals surface area contributed by atoms with Gasteiger partial charge in [0.15, 0.2) is 0 Å². The van der Waals surface area contributed by atoms with Crippen LogP contribution in [0.4, 0.5) is 0 Å². The Morgan fingerprint density at radius 1 is 1.48 bits per heavy atom. The molecule has 126 valence electrons. The van der Waals surface area contributed by atoms with Gasteiger partial charge in [-0.15, -0.1) is 6.58 Å². The molecule has 0 aromatic heterocycles. The third-order valence-corrected chi connectivity index (χ3v) is 4.24. The quantitative estimate of drug-likeness (QED) is 0.702. The van der Waals surface area contributed by atoms with E-state index in [9.17, 15) is 5.11 Å². The maximum Gasteiger partial charge on any atom is 0.145 e. The van der Waals surface area contributed by atoms with Gasteiger partial charge < -0.3 is 9.94 Å². The Morgan fingerprint density at radius 3 is 2.87 bits per heavy atom. The third kappa shape index (κ3) is 5.65. The Hall–Kier alpha value is -1.36. The molecule has 1 aromatic rings. The van der Waals surface area contributed by atoms with Gasteiger partial charge in [-0.05, 0) is 37.1 Å². The van der Waals surface area contributed by atoms with Crippen molar-refractivity contribution in [3.05, 3.63) is 47.5 Å². The molecule has 23 heavy (non-hydrogen) atoms. The van der Waals surface area contributed by atoms with Crippen molar-refractivity contribution in [3.63, 3.8) is 0 Å². The summed E-state index contributed by atoms with van der Waals surface area (Å²) >= 11 is 5.91. The summed E-state index contributed by atoms with van der Waals surface area (Å²) in [5.41, 5.74) is 2.00. The fraction of sp³-hybridized carbons (Fsp3) is 0.500. The number of aliphatic hydroxyl groups excluding tert-OH is 1. The lowest BCUT2D eigenvalue weighted by atomic mass is 10.0. The summed E-state index contributed by atoms with van der Waals surface area (Å²) in [6.45, 7) is 8.08. The SMILES string of the molecule is C=CCC[C@@H](O)CN(CC)C[C@@H]1CC(c2ccc(Cl)cc2)=NO1. The van der Waals surface area contributed by atoms with E-state index in [4.69, 9.17) is 16.4 Å². The van der Waals surface area contributed by atoms with Crippen molar-refractivity contribution in [1.29, 1.82) is 0 Å². The first-order valence-corrected chi connectivity index (χ1v) is 8.50. The van der Waals surface area contributed by atoms with Crippen LogP contribution in [0.25, 0.3) is 0 Å². The largest absolute Gasteiger partial charge is 0.392 e. The van der Waals surface area contributed by atoms with Crippen molar-refractivity contribution < 1.29 is 9.94 Å². The Kier molecular flexibility index (Phi) is 7.09. The summed E-state index contributed by atoms with van der Waals surface area (Å²) in [5, 5.41) is 15.0. The van der Waals surface area contributed by atoms with E-state index >= 15 is 0 Å². The first-order valence-electron chi connectivity index (χ1n) is 8.12. The first kappa shape index (κ1) is 18.0. The molecule has 2 rings (SSSR count). The molecule has 0 aliphatic carbocycles. The molecule has 1 N–H and O–H groups in total. The molecule has 1 aliphatic rings. The van der Waals surface area contributed by atoms with E-state index in [1.54, 1.807) is 0 Å². The number of nitrogens with zero attached hydrogens (tertiary/aromatic N) is 2. The van der Waals surface area contributed by atoms with Crippen molar-refractivity contribution in [1.82, 2.24) is 4.90 Å². The summed E-state index contributed by atoms with van der Waals surface area (Å²) in [4.78, 5) is 7.77. The maximum atomic E-state index is 10.0. The fourth-order valence-electron chi connectivity index (χ4n) is 2.66. The molecule has 1 aromatic carbocycles. The minimum Gasteiger partial charge on any atom is -0.392 e. The van der Waals surface area contributed by atoms with Gasteiger partial charge in [-0.25, -0.2) is 0 Å². The van der Waals surface area contributed by atoms with Crippen LogP contribution in [-0.4, -0.2) is 47.6 Å². The topological polar surface area (TPSA) is 45.1 Å². The normalized spacial score (nSPS) is 18.6. The first-order chi connectivity index (χ1) is 11.1. The summed E-state index contributed by atoms with van der Waals surface area (Å²) < 4.78 is 0. The summed E-state index contributed by atoms with van der Waals surface area (Å²) in [6.07, 6.45) is 3.91. The highest BCUT2D eigenvalue weighted by atomic mass is 35.5. The fourth-order valence-corrected chi connectivity index (χ4v) is 2.79. The number of halogens is 1. The van der Waals surface area contributed by atoms with E-state index in [1.165, 1.54) is 0 Å². The molecular formula is C18H25ClN2O2. The van der Waals surface area contributed by atoms with Gasteiger partial charge in [-0.1, -0.05) is 41.9 Å². The molecule has 1 heterocycles. The van der Waals surface area contributed by atoms with Crippen LogP contribution in [0.3, 0.4) is 0 Å². The van der Waals surface area contributed by atoms with Gasteiger partial charge in [0.05, 0.1) is 11.8 Å². The monoisotopic (exact) mass is 336 g/mol. The second-order valence-electron chi connectivity index (χ2n) is 5.85. The summed E-state index contributed by atoms with van der Waals surface area (Å²) in [7, 11) is 0. The molecule has 0 radical (unpaired) electrons. The van der Waals surface area contributed by atoms with Gasteiger partial charge in [0.25, 0.3) is 0 Å². The van der Waals surface area contributed by atoms with Crippen LogP contribution in [0.1, 0.15) is 31.7 Å². The van der Waals surface area contributed by atoms with Crippen LogP contribution in [-0.2, 0) is 4.84 Å². The van der Waals surface area contributed by atoms with E-state index in [2.05, 4.69) is 23.6 Å². The molecule has 0 spiro atoms. The molecule has 0 saturated heterocycles. The van der Waals surface area contributed by atoms with Crippen molar-refractivity contribution in [3.8, 4) is 0 Å². The predicted molar refractivity (Wildman–Crippen MR) is 95.0 cm³/mol. The molecule has 0 bridgehead atoms. The van der Waals surface area contributed by atoms with Gasteiger partial charge in [-0.2, -0.15) is 0 Å². The number of hydrogen-bond acceptors (Lipinski definition) is 4. The second-order valence-corrected chi connectivity index (χ2v) is 6.28. The van der Waals surface area contributed by atoms with Crippen molar-refractivity contribution in [2.45, 2.75) is 38.4 Å². The van der Waals surface area contributed by atoms with E-state index in [0.29, 0.717) is 6.54 Å². The highest BCUT2D eigenvalue weighted by molar-refractivity contribution is 6.30. The van der Waals surface area contributed by atoms with Crippen LogP contribution in [0.5, 0.6) is 0 Å². The van der Waals surface area contributed by atoms with Gasteiger partial charge in [0.2, 0.25) is 0 Å². The van der Waals surface area contributed by atoms with E-state index in [1.807, 2.05) is 30.3 Å². The Labute approximate surface area is 143 Å². The summed E-state index contributed by atoms with van der Waals surface area (Å²) in [6, 6.07) is 7.65. The van der Waals surface area contributed by atoms with E-state index < -0.39 is 0 Å².